The van der Waals surface area contributed by atoms with Gasteiger partial charge in [0, 0.05) is 0 Å². The first kappa shape index (κ1) is 21.5. The summed E-state index contributed by atoms with van der Waals surface area (Å²) in [6.45, 7) is 18.0. The summed E-state index contributed by atoms with van der Waals surface area (Å²) in [5.74, 6) is 3.10. The third-order valence-electron chi connectivity index (χ3n) is 12.8. The minimum absolute atomic E-state index is 0.0578. The van der Waals surface area contributed by atoms with Crippen LogP contribution in [0.15, 0.2) is 11.6 Å². The van der Waals surface area contributed by atoms with Crippen molar-refractivity contribution in [2.75, 3.05) is 0 Å². The van der Waals surface area contributed by atoms with Crippen molar-refractivity contribution in [1.29, 1.82) is 0 Å². The second kappa shape index (κ2) is 6.39. The molecule has 0 heterocycles. The first-order valence-corrected chi connectivity index (χ1v) is 13.3. The van der Waals surface area contributed by atoms with Crippen LogP contribution >= 0.6 is 0 Å². The molecule has 0 aromatic rings. The Labute approximate surface area is 186 Å². The van der Waals surface area contributed by atoms with Crippen molar-refractivity contribution in [1.82, 2.24) is 0 Å². The molecule has 1 nitrogen and oxygen atoms in total. The molecule has 5 rings (SSSR count). The molecule has 0 amide bonds. The van der Waals surface area contributed by atoms with E-state index in [0.717, 1.165) is 24.2 Å². The summed E-state index contributed by atoms with van der Waals surface area (Å²) in [7, 11) is 0. The van der Waals surface area contributed by atoms with Crippen LogP contribution in [0.4, 0.5) is 0 Å². The van der Waals surface area contributed by atoms with E-state index >= 15 is 0 Å². The largest absolute Gasteiger partial charge is 0.393 e. The molecular weight excluding hydrogens is 364 g/mol. The van der Waals surface area contributed by atoms with Crippen LogP contribution in [0.3, 0.4) is 0 Å². The highest BCUT2D eigenvalue weighted by atomic mass is 16.3. The van der Waals surface area contributed by atoms with E-state index in [4.69, 9.17) is 0 Å². The highest BCUT2D eigenvalue weighted by Crippen LogP contribution is 2.75. The zero-order valence-corrected chi connectivity index (χ0v) is 21.0. The molecule has 0 saturated heterocycles. The summed E-state index contributed by atoms with van der Waals surface area (Å²) in [6.07, 6.45) is 16.0. The SMILES string of the molecule is C[C@H]1CCC[C@]2(C)CC[C@]3(C)C(=CC[C@@H]4[C@@]5(C)CC[C@H](O)C(C)(C)C5CC[C@]43C)[C@H]12. The molecule has 9 atom stereocenters. The molecule has 30 heavy (non-hydrogen) atoms. The van der Waals surface area contributed by atoms with Crippen molar-refractivity contribution >= 4 is 0 Å². The lowest BCUT2D eigenvalue weighted by Gasteiger charge is -2.71. The summed E-state index contributed by atoms with van der Waals surface area (Å²) in [5.41, 5.74) is 3.66. The van der Waals surface area contributed by atoms with Crippen LogP contribution in [0.5, 0.6) is 0 Å². The van der Waals surface area contributed by atoms with Crippen molar-refractivity contribution in [2.45, 2.75) is 119 Å². The Balaban J connectivity index is 1.59. The van der Waals surface area contributed by atoms with Gasteiger partial charge in [0.05, 0.1) is 6.10 Å². The summed E-state index contributed by atoms with van der Waals surface area (Å²) in [6, 6.07) is 0. The predicted molar refractivity (Wildman–Crippen MR) is 126 cm³/mol. The van der Waals surface area contributed by atoms with Crippen LogP contribution in [-0.4, -0.2) is 11.2 Å². The van der Waals surface area contributed by atoms with Gasteiger partial charge in [-0.25, -0.2) is 0 Å². The lowest BCUT2D eigenvalue weighted by molar-refractivity contribution is -0.203. The molecule has 0 radical (unpaired) electrons. The Kier molecular flexibility index (Phi) is 4.59. The Bertz CT molecular complexity index is 749. The van der Waals surface area contributed by atoms with Crippen LogP contribution in [0.25, 0.3) is 0 Å². The second-order valence-corrected chi connectivity index (χ2v) is 14.2. The number of hydrogen-bond donors (Lipinski definition) is 1. The summed E-state index contributed by atoms with van der Waals surface area (Å²) in [5, 5.41) is 10.9. The molecule has 5 aliphatic rings. The van der Waals surface area contributed by atoms with Gasteiger partial charge in [-0.2, -0.15) is 0 Å². The maximum absolute atomic E-state index is 10.9. The van der Waals surface area contributed by atoms with Gasteiger partial charge in [-0.15, -0.1) is 0 Å². The molecule has 0 aromatic carbocycles. The smallest absolute Gasteiger partial charge is 0.0594 e. The molecule has 170 valence electrons. The molecular formula is C29H48O. The van der Waals surface area contributed by atoms with E-state index in [0.29, 0.717) is 27.6 Å². The number of hydrogen-bond acceptors (Lipinski definition) is 1. The number of rotatable bonds is 0. The van der Waals surface area contributed by atoms with E-state index in [1.54, 1.807) is 0 Å². The zero-order chi connectivity index (χ0) is 21.7. The third-order valence-corrected chi connectivity index (χ3v) is 12.8. The van der Waals surface area contributed by atoms with Gasteiger partial charge < -0.3 is 5.11 Å². The van der Waals surface area contributed by atoms with Crippen LogP contribution in [0.1, 0.15) is 113 Å². The van der Waals surface area contributed by atoms with E-state index < -0.39 is 0 Å². The topological polar surface area (TPSA) is 20.2 Å². The third kappa shape index (κ3) is 2.45. The molecule has 4 saturated carbocycles. The minimum atomic E-state index is -0.122. The van der Waals surface area contributed by atoms with Crippen LogP contribution in [0, 0.1) is 50.7 Å². The molecule has 0 spiro atoms. The molecule has 0 aromatic heterocycles. The Hall–Kier alpha value is -0.300. The van der Waals surface area contributed by atoms with Crippen molar-refractivity contribution in [3.05, 3.63) is 11.6 Å². The van der Waals surface area contributed by atoms with Gasteiger partial charge in [-0.05, 0) is 102 Å². The van der Waals surface area contributed by atoms with Crippen LogP contribution < -0.4 is 0 Å². The van der Waals surface area contributed by atoms with E-state index in [-0.39, 0.29) is 11.5 Å². The standard InChI is InChI=1S/C29H48O/c1-19-9-8-14-26(4)17-18-28(6)20(24(19)26)10-11-22-27(5)15-13-23(30)25(2,3)21(27)12-16-29(22,28)7/h10,19,21-24,30H,8-9,11-18H2,1-7H3/t19-,21?,22+,23-,24-,26+,27-,28+,29+/m0/s1. The summed E-state index contributed by atoms with van der Waals surface area (Å²) < 4.78 is 0. The van der Waals surface area contributed by atoms with Gasteiger partial charge in [0.2, 0.25) is 0 Å². The van der Waals surface area contributed by atoms with Crippen LogP contribution in [0.2, 0.25) is 0 Å². The quantitative estimate of drug-likeness (QED) is 0.403. The Morgan fingerprint density at radius 1 is 0.833 bits per heavy atom. The van der Waals surface area contributed by atoms with Gasteiger partial charge in [-0.1, -0.05) is 73.0 Å². The molecule has 4 fully saturated rings. The van der Waals surface area contributed by atoms with Crippen molar-refractivity contribution in [3.8, 4) is 0 Å². The molecule has 1 unspecified atom stereocenters. The highest BCUT2D eigenvalue weighted by Gasteiger charge is 2.67. The average molecular weight is 413 g/mol. The fourth-order valence-corrected chi connectivity index (χ4v) is 10.8. The van der Waals surface area contributed by atoms with Crippen molar-refractivity contribution < 1.29 is 5.11 Å². The zero-order valence-electron chi connectivity index (χ0n) is 21.0. The van der Waals surface area contributed by atoms with Crippen molar-refractivity contribution in [2.24, 2.45) is 50.7 Å². The number of fused-ring (bicyclic) bond motifs is 7. The fraction of sp³-hybridized carbons (Fsp3) is 0.931. The Morgan fingerprint density at radius 2 is 1.57 bits per heavy atom. The molecule has 5 aliphatic carbocycles. The normalized spacial score (nSPS) is 57.3. The van der Waals surface area contributed by atoms with E-state index in [2.05, 4.69) is 54.5 Å². The number of allylic oxidation sites excluding steroid dienone is 2. The summed E-state index contributed by atoms with van der Waals surface area (Å²) in [4.78, 5) is 0. The van der Waals surface area contributed by atoms with Gasteiger partial charge in [0.25, 0.3) is 0 Å². The first-order chi connectivity index (χ1) is 13.9. The lowest BCUT2D eigenvalue weighted by Crippen LogP contribution is -2.64. The van der Waals surface area contributed by atoms with Crippen LogP contribution in [-0.2, 0) is 0 Å². The van der Waals surface area contributed by atoms with Crippen molar-refractivity contribution in [3.63, 3.8) is 0 Å². The van der Waals surface area contributed by atoms with Gasteiger partial charge in [0.1, 0.15) is 0 Å². The monoisotopic (exact) mass is 412 g/mol. The fourth-order valence-electron chi connectivity index (χ4n) is 10.8. The van der Waals surface area contributed by atoms with Gasteiger partial charge >= 0.3 is 0 Å². The van der Waals surface area contributed by atoms with Gasteiger partial charge in [0.15, 0.2) is 0 Å². The molecule has 0 aliphatic heterocycles. The maximum Gasteiger partial charge on any atom is 0.0594 e. The van der Waals surface area contributed by atoms with E-state index in [9.17, 15) is 5.11 Å². The molecule has 1 heteroatoms. The summed E-state index contributed by atoms with van der Waals surface area (Å²) >= 11 is 0. The lowest BCUT2D eigenvalue weighted by atomic mass is 9.33. The molecule has 0 bridgehead atoms. The van der Waals surface area contributed by atoms with E-state index in [1.807, 2.05) is 5.57 Å². The number of aliphatic hydroxyl groups excluding tert-OH is 1. The minimum Gasteiger partial charge on any atom is -0.393 e. The van der Waals surface area contributed by atoms with E-state index in [1.165, 1.54) is 57.8 Å². The second-order valence-electron chi connectivity index (χ2n) is 14.2. The highest BCUT2D eigenvalue weighted by molar-refractivity contribution is 5.33. The number of aliphatic hydroxyl groups is 1. The molecule has 1 N–H and O–H groups in total. The predicted octanol–water partition coefficient (Wildman–Crippen LogP) is 7.78. The first-order valence-electron chi connectivity index (χ1n) is 13.3. The van der Waals surface area contributed by atoms with Gasteiger partial charge in [-0.3, -0.25) is 0 Å². The maximum atomic E-state index is 10.9. The Morgan fingerprint density at radius 3 is 2.30 bits per heavy atom. The average Bonchev–Trinajstić information content (AvgIpc) is 2.66.